The van der Waals surface area contributed by atoms with Crippen molar-refractivity contribution in [2.45, 2.75) is 19.9 Å². The van der Waals surface area contributed by atoms with Gasteiger partial charge in [0.05, 0.1) is 11.6 Å². The average Bonchev–Trinajstić information content (AvgIpc) is 3.37. The minimum absolute atomic E-state index is 0.0600. The molecular formula is C24H25FN2O5. The third-order valence-corrected chi connectivity index (χ3v) is 5.94. The Morgan fingerprint density at radius 1 is 1.12 bits per heavy atom. The van der Waals surface area contributed by atoms with Crippen LogP contribution in [0.3, 0.4) is 0 Å². The van der Waals surface area contributed by atoms with Crippen LogP contribution in [-0.2, 0) is 9.59 Å². The number of aliphatic hydroxyl groups is 1. The molecule has 1 fully saturated rings. The number of likely N-dealkylation sites (tertiary alicyclic amines) is 1. The molecule has 0 aliphatic carbocycles. The second-order valence-electron chi connectivity index (χ2n) is 7.61. The zero-order chi connectivity index (χ0) is 22.8. The van der Waals surface area contributed by atoms with Crippen LogP contribution in [0.25, 0.3) is 5.76 Å². The third kappa shape index (κ3) is 3.82. The van der Waals surface area contributed by atoms with E-state index in [0.717, 1.165) is 13.1 Å². The number of ketones is 1. The minimum Gasteiger partial charge on any atom is -0.507 e. The van der Waals surface area contributed by atoms with Gasteiger partial charge in [-0.15, -0.1) is 0 Å². The first-order valence-corrected chi connectivity index (χ1v) is 10.6. The fraction of sp³-hybridized carbons (Fsp3) is 0.333. The van der Waals surface area contributed by atoms with Gasteiger partial charge in [-0.3, -0.25) is 9.59 Å². The summed E-state index contributed by atoms with van der Waals surface area (Å²) >= 11 is 0. The van der Waals surface area contributed by atoms with Crippen LogP contribution in [0.5, 0.6) is 11.5 Å². The number of benzene rings is 2. The zero-order valence-electron chi connectivity index (χ0n) is 18.0. The van der Waals surface area contributed by atoms with Crippen LogP contribution in [0.4, 0.5) is 4.39 Å². The van der Waals surface area contributed by atoms with E-state index in [1.165, 1.54) is 17.0 Å². The van der Waals surface area contributed by atoms with Gasteiger partial charge in [0.25, 0.3) is 11.7 Å². The van der Waals surface area contributed by atoms with Crippen LogP contribution >= 0.6 is 0 Å². The van der Waals surface area contributed by atoms with E-state index in [1.807, 2.05) is 13.8 Å². The number of hydrogen-bond acceptors (Lipinski definition) is 6. The number of rotatable bonds is 7. The highest BCUT2D eigenvalue weighted by atomic mass is 19.1. The number of nitrogens with zero attached hydrogens (tertiary/aromatic N) is 2. The van der Waals surface area contributed by atoms with E-state index in [-0.39, 0.29) is 35.8 Å². The first-order chi connectivity index (χ1) is 15.5. The van der Waals surface area contributed by atoms with Crippen molar-refractivity contribution in [3.63, 3.8) is 0 Å². The van der Waals surface area contributed by atoms with Gasteiger partial charge in [-0.25, -0.2) is 4.39 Å². The maximum Gasteiger partial charge on any atom is 0.295 e. The molecule has 0 aromatic heterocycles. The maximum atomic E-state index is 14.8. The van der Waals surface area contributed by atoms with Gasteiger partial charge in [0, 0.05) is 24.2 Å². The molecular weight excluding hydrogens is 415 g/mol. The quantitative estimate of drug-likeness (QED) is 0.404. The van der Waals surface area contributed by atoms with Crippen LogP contribution in [-0.4, -0.2) is 59.6 Å². The lowest BCUT2D eigenvalue weighted by atomic mass is 9.95. The summed E-state index contributed by atoms with van der Waals surface area (Å²) in [6.07, 6.45) is 0. The predicted octanol–water partition coefficient (Wildman–Crippen LogP) is 3.32. The van der Waals surface area contributed by atoms with E-state index in [9.17, 15) is 19.1 Å². The molecule has 2 heterocycles. The number of hydrogen-bond donors (Lipinski definition) is 1. The van der Waals surface area contributed by atoms with Crippen molar-refractivity contribution in [2.24, 2.45) is 0 Å². The lowest BCUT2D eigenvalue weighted by molar-refractivity contribution is -0.140. The summed E-state index contributed by atoms with van der Waals surface area (Å²) in [7, 11) is 0. The molecule has 8 heteroatoms. The second kappa shape index (κ2) is 9.00. The Balaban J connectivity index is 1.80. The van der Waals surface area contributed by atoms with E-state index in [0.29, 0.717) is 18.0 Å². The average molecular weight is 440 g/mol. The number of aliphatic hydroxyl groups excluding tert-OH is 1. The number of Topliss-reactive ketones (excluding diaryl/α,β-unsaturated/α-hetero) is 1. The summed E-state index contributed by atoms with van der Waals surface area (Å²) in [5, 5.41) is 11.1. The third-order valence-electron chi connectivity index (χ3n) is 5.94. The normalized spacial score (nSPS) is 19.2. The number of carbonyl (C=O) groups excluding carboxylic acids is 2. The Labute approximate surface area is 185 Å². The molecule has 0 spiro atoms. The van der Waals surface area contributed by atoms with Gasteiger partial charge in [0.1, 0.15) is 11.6 Å². The highest BCUT2D eigenvalue weighted by molar-refractivity contribution is 6.46. The van der Waals surface area contributed by atoms with Crippen molar-refractivity contribution in [3.05, 3.63) is 65.0 Å². The summed E-state index contributed by atoms with van der Waals surface area (Å²) in [6.45, 7) is 6.38. The molecule has 1 atom stereocenters. The largest absolute Gasteiger partial charge is 0.507 e. The van der Waals surface area contributed by atoms with Crippen molar-refractivity contribution in [1.82, 2.24) is 9.80 Å². The van der Waals surface area contributed by atoms with Crippen LogP contribution in [0.2, 0.25) is 0 Å². The van der Waals surface area contributed by atoms with E-state index in [2.05, 4.69) is 4.90 Å². The molecule has 2 aliphatic rings. The van der Waals surface area contributed by atoms with Crippen LogP contribution in [0, 0.1) is 5.82 Å². The monoisotopic (exact) mass is 440 g/mol. The van der Waals surface area contributed by atoms with Crippen LogP contribution in [0.1, 0.15) is 31.0 Å². The van der Waals surface area contributed by atoms with Crippen molar-refractivity contribution in [3.8, 4) is 11.5 Å². The minimum atomic E-state index is -1.03. The van der Waals surface area contributed by atoms with Crippen molar-refractivity contribution in [2.75, 3.05) is 33.0 Å². The van der Waals surface area contributed by atoms with Crippen LogP contribution < -0.4 is 9.47 Å². The number of carbonyl (C=O) groups is 2. The van der Waals surface area contributed by atoms with Crippen LogP contribution in [0.15, 0.2) is 48.0 Å². The molecule has 2 aromatic carbocycles. The predicted molar refractivity (Wildman–Crippen MR) is 116 cm³/mol. The van der Waals surface area contributed by atoms with Crippen molar-refractivity contribution < 1.29 is 28.6 Å². The van der Waals surface area contributed by atoms with Gasteiger partial charge in [0.2, 0.25) is 6.79 Å². The molecule has 0 radical (unpaired) electrons. The number of fused-ring (bicyclic) bond motifs is 1. The van der Waals surface area contributed by atoms with Gasteiger partial charge in [0.15, 0.2) is 11.5 Å². The standard InChI is InChI=1S/C24H25FN2O5/c1-3-26(4-2)11-12-27-21(16-7-5-6-8-17(16)25)20(23(29)24(27)30)22(28)15-9-10-18-19(13-15)32-14-31-18/h5-10,13,21,28H,3-4,11-12,14H2,1-2H3/b22-20+. The topological polar surface area (TPSA) is 79.3 Å². The molecule has 0 bridgehead atoms. The van der Waals surface area contributed by atoms with Gasteiger partial charge in [-0.2, -0.15) is 0 Å². The SMILES string of the molecule is CCN(CC)CCN1C(=O)C(=O)/C(=C(/O)c2ccc3c(c2)OCO3)C1c1ccccc1F. The van der Waals surface area contributed by atoms with Gasteiger partial charge >= 0.3 is 0 Å². The summed E-state index contributed by atoms with van der Waals surface area (Å²) in [5.74, 6) is -1.58. The molecule has 32 heavy (non-hydrogen) atoms. The summed E-state index contributed by atoms with van der Waals surface area (Å²) in [5.41, 5.74) is 0.310. The summed E-state index contributed by atoms with van der Waals surface area (Å²) in [4.78, 5) is 29.5. The smallest absolute Gasteiger partial charge is 0.295 e. The highest BCUT2D eigenvalue weighted by Crippen LogP contribution is 2.41. The molecule has 1 saturated heterocycles. The maximum absolute atomic E-state index is 14.8. The first-order valence-electron chi connectivity index (χ1n) is 10.6. The Morgan fingerprint density at radius 2 is 1.84 bits per heavy atom. The molecule has 0 saturated carbocycles. The molecule has 2 aromatic rings. The molecule has 4 rings (SSSR count). The highest BCUT2D eigenvalue weighted by Gasteiger charge is 2.46. The van der Waals surface area contributed by atoms with Crippen molar-refractivity contribution >= 4 is 17.4 Å². The first kappa shape index (κ1) is 21.8. The second-order valence-corrected chi connectivity index (χ2v) is 7.61. The molecule has 7 nitrogen and oxygen atoms in total. The Bertz CT molecular complexity index is 1080. The fourth-order valence-corrected chi connectivity index (χ4v) is 4.12. The summed E-state index contributed by atoms with van der Waals surface area (Å²) in [6, 6.07) is 9.69. The Kier molecular flexibility index (Phi) is 6.14. The number of ether oxygens (including phenoxy) is 2. The van der Waals surface area contributed by atoms with E-state index >= 15 is 0 Å². The molecule has 1 amide bonds. The van der Waals surface area contributed by atoms with Gasteiger partial charge in [-0.05, 0) is 37.4 Å². The molecule has 2 aliphatic heterocycles. The number of amides is 1. The van der Waals surface area contributed by atoms with Gasteiger partial charge in [-0.1, -0.05) is 32.0 Å². The van der Waals surface area contributed by atoms with Gasteiger partial charge < -0.3 is 24.4 Å². The van der Waals surface area contributed by atoms with E-state index in [4.69, 9.17) is 9.47 Å². The Morgan fingerprint density at radius 3 is 2.56 bits per heavy atom. The van der Waals surface area contributed by atoms with E-state index in [1.54, 1.807) is 30.3 Å². The van der Waals surface area contributed by atoms with E-state index < -0.39 is 23.5 Å². The van der Waals surface area contributed by atoms with Crippen molar-refractivity contribution in [1.29, 1.82) is 0 Å². The number of likely N-dealkylation sites (N-methyl/N-ethyl adjacent to an activating group) is 1. The summed E-state index contributed by atoms with van der Waals surface area (Å²) < 4.78 is 25.5. The fourth-order valence-electron chi connectivity index (χ4n) is 4.12. The molecule has 168 valence electrons. The molecule has 1 unspecified atom stereocenters. The number of halogens is 1. The zero-order valence-corrected chi connectivity index (χ0v) is 18.0. The molecule has 1 N–H and O–H groups in total. The lowest BCUT2D eigenvalue weighted by Crippen LogP contribution is -2.38. The lowest BCUT2D eigenvalue weighted by Gasteiger charge is -2.28. The Hall–Kier alpha value is -3.39.